The predicted octanol–water partition coefficient (Wildman–Crippen LogP) is 3.74. The molecule has 0 radical (unpaired) electrons. The van der Waals surface area contributed by atoms with E-state index in [2.05, 4.69) is 35.9 Å². The summed E-state index contributed by atoms with van der Waals surface area (Å²) in [6.07, 6.45) is 0. The summed E-state index contributed by atoms with van der Waals surface area (Å²) in [6, 6.07) is 8.25. The minimum absolute atomic E-state index is 0.201. The monoisotopic (exact) mass is 373 g/mol. The van der Waals surface area contributed by atoms with Crippen molar-refractivity contribution in [2.24, 2.45) is 5.73 Å². The molecule has 1 aromatic carbocycles. The van der Waals surface area contributed by atoms with E-state index in [0.29, 0.717) is 21.3 Å². The molecule has 3 rings (SSSR count). The fourth-order valence-corrected chi connectivity index (χ4v) is 4.22. The van der Waals surface area contributed by atoms with Gasteiger partial charge in [-0.15, -0.1) is 11.3 Å². The maximum absolute atomic E-state index is 12.6. The van der Waals surface area contributed by atoms with Gasteiger partial charge in [0, 0.05) is 10.9 Å². The molecule has 0 aliphatic rings. The largest absolute Gasteiger partial charge is 0.369 e. The van der Waals surface area contributed by atoms with Crippen molar-refractivity contribution in [3.8, 4) is 11.1 Å². The van der Waals surface area contributed by atoms with Crippen LogP contribution in [0.1, 0.15) is 32.3 Å². The molecule has 25 heavy (non-hydrogen) atoms. The van der Waals surface area contributed by atoms with Gasteiger partial charge in [-0.3, -0.25) is 9.59 Å². The Morgan fingerprint density at radius 3 is 2.52 bits per heavy atom. The second kappa shape index (κ2) is 7.01. The van der Waals surface area contributed by atoms with E-state index in [0.717, 1.165) is 22.9 Å². The Hall–Kier alpha value is -2.12. The Morgan fingerprint density at radius 1 is 1.24 bits per heavy atom. The van der Waals surface area contributed by atoms with Crippen LogP contribution in [0, 0.1) is 0 Å². The number of amides is 1. The van der Waals surface area contributed by atoms with Crippen molar-refractivity contribution in [2.75, 3.05) is 0 Å². The number of aromatic nitrogens is 2. The molecule has 130 valence electrons. The third kappa shape index (κ3) is 3.62. The highest BCUT2D eigenvalue weighted by Gasteiger charge is 2.16. The molecule has 3 N–H and O–H groups in total. The Bertz CT molecular complexity index is 974. The van der Waals surface area contributed by atoms with Crippen LogP contribution in [0.15, 0.2) is 39.6 Å². The van der Waals surface area contributed by atoms with Crippen molar-refractivity contribution in [3.63, 3.8) is 0 Å². The van der Waals surface area contributed by atoms with Gasteiger partial charge in [-0.2, -0.15) is 0 Å². The van der Waals surface area contributed by atoms with Gasteiger partial charge in [-0.05, 0) is 24.0 Å². The van der Waals surface area contributed by atoms with Gasteiger partial charge in [0.2, 0.25) is 5.91 Å². The maximum atomic E-state index is 12.6. The summed E-state index contributed by atoms with van der Waals surface area (Å²) in [5.74, 6) is 0.0232. The molecule has 0 spiro atoms. The molecule has 1 amide bonds. The van der Waals surface area contributed by atoms with Crippen LogP contribution in [0.4, 0.5) is 0 Å². The lowest BCUT2D eigenvalue weighted by Gasteiger charge is -2.07. The number of aromatic amines is 1. The van der Waals surface area contributed by atoms with Gasteiger partial charge >= 0.3 is 0 Å². The second-order valence-corrected chi connectivity index (χ2v) is 8.33. The third-order valence-corrected chi connectivity index (χ3v) is 5.87. The van der Waals surface area contributed by atoms with Crippen LogP contribution < -0.4 is 11.3 Å². The Labute approximate surface area is 153 Å². The molecule has 0 saturated heterocycles. The highest BCUT2D eigenvalue weighted by molar-refractivity contribution is 8.00. The van der Waals surface area contributed by atoms with Gasteiger partial charge < -0.3 is 10.7 Å². The minimum Gasteiger partial charge on any atom is -0.369 e. The van der Waals surface area contributed by atoms with Crippen LogP contribution in [-0.2, 0) is 4.79 Å². The number of nitrogens with two attached hydrogens (primary N) is 1. The van der Waals surface area contributed by atoms with Gasteiger partial charge in [0.15, 0.2) is 5.16 Å². The molecule has 0 bridgehead atoms. The molecule has 5 nitrogen and oxygen atoms in total. The maximum Gasteiger partial charge on any atom is 0.260 e. The van der Waals surface area contributed by atoms with E-state index < -0.39 is 11.2 Å². The predicted molar refractivity (Wildman–Crippen MR) is 104 cm³/mol. The van der Waals surface area contributed by atoms with Crippen LogP contribution in [0.5, 0.6) is 0 Å². The Balaban J connectivity index is 2.01. The van der Waals surface area contributed by atoms with Gasteiger partial charge in [0.25, 0.3) is 5.56 Å². The number of benzene rings is 1. The summed E-state index contributed by atoms with van der Waals surface area (Å²) < 4.78 is 0. The van der Waals surface area contributed by atoms with Crippen LogP contribution in [-0.4, -0.2) is 21.1 Å². The average Bonchev–Trinajstić information content (AvgIpc) is 2.99. The summed E-state index contributed by atoms with van der Waals surface area (Å²) in [5.41, 5.74) is 8.20. The van der Waals surface area contributed by atoms with E-state index in [-0.39, 0.29) is 5.56 Å². The topological polar surface area (TPSA) is 88.8 Å². The second-order valence-electron chi connectivity index (χ2n) is 6.14. The first kappa shape index (κ1) is 17.7. The van der Waals surface area contributed by atoms with Crippen molar-refractivity contribution in [3.05, 3.63) is 45.6 Å². The fourth-order valence-electron chi connectivity index (χ4n) is 2.47. The minimum atomic E-state index is -0.455. The number of nitrogens with one attached hydrogen (secondary N) is 1. The molecule has 2 aromatic heterocycles. The number of carbonyl (C=O) groups excluding carboxylic acids is 1. The van der Waals surface area contributed by atoms with E-state index >= 15 is 0 Å². The Morgan fingerprint density at radius 2 is 1.92 bits per heavy atom. The lowest BCUT2D eigenvalue weighted by Crippen LogP contribution is -2.23. The molecular formula is C18H19N3O2S2. The summed E-state index contributed by atoms with van der Waals surface area (Å²) in [4.78, 5) is 31.6. The number of fused-ring (bicyclic) bond motifs is 1. The van der Waals surface area contributed by atoms with Crippen LogP contribution in [0.3, 0.4) is 0 Å². The highest BCUT2D eigenvalue weighted by atomic mass is 32.2. The highest BCUT2D eigenvalue weighted by Crippen LogP contribution is 2.32. The van der Waals surface area contributed by atoms with Gasteiger partial charge in [0.05, 0.1) is 10.6 Å². The molecule has 2 heterocycles. The average molecular weight is 374 g/mol. The van der Waals surface area contributed by atoms with E-state index in [1.165, 1.54) is 16.9 Å². The number of carbonyl (C=O) groups is 1. The summed E-state index contributed by atoms with van der Waals surface area (Å²) in [5, 5.41) is 2.48. The Kier molecular flexibility index (Phi) is 4.96. The quantitative estimate of drug-likeness (QED) is 0.527. The summed E-state index contributed by atoms with van der Waals surface area (Å²) in [7, 11) is 0. The molecule has 0 aliphatic carbocycles. The molecule has 1 unspecified atom stereocenters. The van der Waals surface area contributed by atoms with Gasteiger partial charge in [0.1, 0.15) is 4.83 Å². The van der Waals surface area contributed by atoms with Crippen molar-refractivity contribution >= 4 is 39.2 Å². The van der Waals surface area contributed by atoms with E-state index in [4.69, 9.17) is 5.73 Å². The first-order chi connectivity index (χ1) is 11.9. The number of H-pyrrole nitrogens is 1. The zero-order chi connectivity index (χ0) is 18.1. The van der Waals surface area contributed by atoms with Gasteiger partial charge in [-0.1, -0.05) is 49.9 Å². The molecule has 3 aromatic rings. The number of primary amides is 1. The lowest BCUT2D eigenvalue weighted by molar-refractivity contribution is -0.117. The van der Waals surface area contributed by atoms with Crippen molar-refractivity contribution in [2.45, 2.75) is 37.1 Å². The van der Waals surface area contributed by atoms with E-state index in [1.54, 1.807) is 6.92 Å². The molecule has 0 fully saturated rings. The number of thiophene rings is 1. The summed E-state index contributed by atoms with van der Waals surface area (Å²) >= 11 is 2.58. The summed E-state index contributed by atoms with van der Waals surface area (Å²) in [6.45, 7) is 5.99. The SMILES string of the molecule is CC(Sc1nc2scc(-c3ccc(C(C)C)cc3)c2c(=O)[nH]1)C(N)=O. The standard InChI is InChI=1S/C18H19N3O2S2/c1-9(2)11-4-6-12(7-5-11)13-8-24-17-14(13)16(23)20-18(21-17)25-10(3)15(19)22/h4-10H,1-3H3,(H2,19,22)(H,20,21,23). The first-order valence-corrected chi connectivity index (χ1v) is 9.70. The van der Waals surface area contributed by atoms with Crippen molar-refractivity contribution in [1.29, 1.82) is 0 Å². The number of hydrogen-bond donors (Lipinski definition) is 2. The van der Waals surface area contributed by atoms with E-state index in [1.807, 2.05) is 17.5 Å². The van der Waals surface area contributed by atoms with Crippen LogP contribution in [0.25, 0.3) is 21.3 Å². The normalized spacial score (nSPS) is 12.6. The molecule has 7 heteroatoms. The number of thioether (sulfide) groups is 1. The van der Waals surface area contributed by atoms with E-state index in [9.17, 15) is 9.59 Å². The fraction of sp³-hybridized carbons (Fsp3) is 0.278. The zero-order valence-electron chi connectivity index (χ0n) is 14.2. The number of rotatable bonds is 5. The smallest absolute Gasteiger partial charge is 0.260 e. The third-order valence-electron chi connectivity index (χ3n) is 4.00. The molecule has 1 atom stereocenters. The zero-order valence-corrected chi connectivity index (χ0v) is 15.8. The lowest BCUT2D eigenvalue weighted by atomic mass is 9.99. The molecule has 0 aliphatic heterocycles. The first-order valence-electron chi connectivity index (χ1n) is 7.94. The molecular weight excluding hydrogens is 354 g/mol. The van der Waals surface area contributed by atoms with Crippen molar-refractivity contribution in [1.82, 2.24) is 9.97 Å². The number of nitrogens with zero attached hydrogens (tertiary/aromatic N) is 1. The van der Waals surface area contributed by atoms with Crippen molar-refractivity contribution < 1.29 is 4.79 Å². The molecule has 0 saturated carbocycles. The number of hydrogen-bond acceptors (Lipinski definition) is 5. The van der Waals surface area contributed by atoms with Gasteiger partial charge in [-0.25, -0.2) is 4.98 Å². The van der Waals surface area contributed by atoms with Crippen LogP contribution in [0.2, 0.25) is 0 Å². The van der Waals surface area contributed by atoms with Crippen LogP contribution >= 0.6 is 23.1 Å².